The van der Waals surface area contributed by atoms with Crippen molar-refractivity contribution in [2.45, 2.75) is 56.0 Å². The van der Waals surface area contributed by atoms with Gasteiger partial charge in [-0.15, -0.1) is 11.8 Å². The van der Waals surface area contributed by atoms with E-state index in [0.29, 0.717) is 11.3 Å². The van der Waals surface area contributed by atoms with Crippen LogP contribution in [0.2, 0.25) is 0 Å². The molecule has 1 N–H and O–H groups in total. The number of benzene rings is 2. The van der Waals surface area contributed by atoms with Crippen molar-refractivity contribution < 1.29 is 4.74 Å². The van der Waals surface area contributed by atoms with Gasteiger partial charge in [0.2, 0.25) is 0 Å². The molecule has 27 heavy (non-hydrogen) atoms. The topological polar surface area (TPSA) is 45.0 Å². The summed E-state index contributed by atoms with van der Waals surface area (Å²) >= 11 is 1.87. The summed E-state index contributed by atoms with van der Waals surface area (Å²) in [6.45, 7) is 4.53. The average Bonchev–Trinajstić information content (AvgIpc) is 2.89. The minimum absolute atomic E-state index is 0.0836. The number of nitriles is 1. The quantitative estimate of drug-likeness (QED) is 0.699. The van der Waals surface area contributed by atoms with E-state index in [0.717, 1.165) is 18.6 Å². The molecule has 0 saturated carbocycles. The molecule has 0 spiro atoms. The standard InChI is InChI=1S/C23H28N2OS/c1-4-6-12-23(5-2)16-27-21-13-18(15-24)20(26-3)14-19(21)22(25-23)17-10-8-7-9-11-17/h7-11,13-14,22,25H,4-6,12,16H2,1-3H3/t22-,23-/m1/s1. The number of nitrogens with one attached hydrogen (secondary N) is 1. The van der Waals surface area contributed by atoms with E-state index in [4.69, 9.17) is 4.74 Å². The first-order valence-corrected chi connectivity index (χ1v) is 10.7. The zero-order valence-electron chi connectivity index (χ0n) is 16.4. The number of unbranched alkanes of at least 4 members (excludes halogenated alkanes) is 1. The Hall–Kier alpha value is -1.96. The number of thioether (sulfide) groups is 1. The Labute approximate surface area is 167 Å². The highest BCUT2D eigenvalue weighted by molar-refractivity contribution is 7.99. The van der Waals surface area contributed by atoms with E-state index in [1.54, 1.807) is 7.11 Å². The maximum atomic E-state index is 9.51. The third-order valence-corrected chi connectivity index (χ3v) is 6.90. The lowest BCUT2D eigenvalue weighted by molar-refractivity contribution is 0.297. The van der Waals surface area contributed by atoms with Crippen molar-refractivity contribution in [2.75, 3.05) is 12.9 Å². The molecule has 1 heterocycles. The van der Waals surface area contributed by atoms with Crippen molar-refractivity contribution >= 4 is 11.8 Å². The minimum atomic E-state index is 0.0836. The lowest BCUT2D eigenvalue weighted by Gasteiger charge is -2.36. The van der Waals surface area contributed by atoms with Crippen molar-refractivity contribution in [2.24, 2.45) is 0 Å². The first-order chi connectivity index (χ1) is 13.2. The zero-order chi connectivity index (χ0) is 19.3. The van der Waals surface area contributed by atoms with E-state index in [2.05, 4.69) is 61.6 Å². The van der Waals surface area contributed by atoms with Crippen LogP contribution in [0, 0.1) is 11.3 Å². The summed E-state index contributed by atoms with van der Waals surface area (Å²) in [7, 11) is 1.63. The predicted octanol–water partition coefficient (Wildman–Crippen LogP) is 5.69. The second-order valence-corrected chi connectivity index (χ2v) is 8.23. The van der Waals surface area contributed by atoms with Gasteiger partial charge >= 0.3 is 0 Å². The van der Waals surface area contributed by atoms with Crippen LogP contribution in [0.15, 0.2) is 47.4 Å². The summed E-state index contributed by atoms with van der Waals surface area (Å²) in [4.78, 5) is 1.18. The molecule has 0 saturated heterocycles. The summed E-state index contributed by atoms with van der Waals surface area (Å²) in [6, 6.07) is 17.0. The fraction of sp³-hybridized carbons (Fsp3) is 0.435. The Morgan fingerprint density at radius 1 is 1.26 bits per heavy atom. The van der Waals surface area contributed by atoms with Gasteiger partial charge in [-0.3, -0.25) is 5.32 Å². The number of rotatable bonds is 6. The van der Waals surface area contributed by atoms with Crippen LogP contribution >= 0.6 is 11.8 Å². The van der Waals surface area contributed by atoms with E-state index >= 15 is 0 Å². The van der Waals surface area contributed by atoms with Gasteiger partial charge in [0.1, 0.15) is 11.8 Å². The second-order valence-electron chi connectivity index (χ2n) is 7.22. The van der Waals surface area contributed by atoms with Crippen LogP contribution < -0.4 is 10.1 Å². The zero-order valence-corrected chi connectivity index (χ0v) is 17.2. The van der Waals surface area contributed by atoms with Gasteiger partial charge in [-0.25, -0.2) is 0 Å². The van der Waals surface area contributed by atoms with Gasteiger partial charge in [0, 0.05) is 16.2 Å². The van der Waals surface area contributed by atoms with Crippen LogP contribution in [0.5, 0.6) is 5.75 Å². The highest BCUT2D eigenvalue weighted by Crippen LogP contribution is 2.43. The molecule has 0 fully saturated rings. The maximum absolute atomic E-state index is 9.51. The predicted molar refractivity (Wildman–Crippen MR) is 112 cm³/mol. The van der Waals surface area contributed by atoms with Crippen molar-refractivity contribution in [1.29, 1.82) is 5.26 Å². The normalized spacial score (nSPS) is 21.8. The number of nitrogens with zero attached hydrogens (tertiary/aromatic N) is 1. The molecule has 1 aliphatic rings. The first-order valence-electron chi connectivity index (χ1n) is 9.74. The first kappa shape index (κ1) is 19.8. The minimum Gasteiger partial charge on any atom is -0.495 e. The second kappa shape index (κ2) is 8.82. The van der Waals surface area contributed by atoms with Gasteiger partial charge in [0.15, 0.2) is 0 Å². The van der Waals surface area contributed by atoms with E-state index in [-0.39, 0.29) is 11.6 Å². The molecule has 3 rings (SSSR count). The van der Waals surface area contributed by atoms with Gasteiger partial charge in [0.25, 0.3) is 0 Å². The number of fused-ring (bicyclic) bond motifs is 1. The smallest absolute Gasteiger partial charge is 0.137 e. The van der Waals surface area contributed by atoms with Crippen molar-refractivity contribution in [3.8, 4) is 11.8 Å². The number of hydrogen-bond acceptors (Lipinski definition) is 4. The Bertz CT molecular complexity index is 815. The van der Waals surface area contributed by atoms with Crippen LogP contribution in [0.25, 0.3) is 0 Å². The monoisotopic (exact) mass is 380 g/mol. The van der Waals surface area contributed by atoms with E-state index < -0.39 is 0 Å². The van der Waals surface area contributed by atoms with Crippen molar-refractivity contribution in [3.05, 3.63) is 59.2 Å². The molecule has 1 aliphatic heterocycles. The summed E-state index contributed by atoms with van der Waals surface area (Å²) in [6.07, 6.45) is 4.65. The lowest BCUT2D eigenvalue weighted by Crippen LogP contribution is -2.48. The summed E-state index contributed by atoms with van der Waals surface area (Å²) < 4.78 is 5.51. The van der Waals surface area contributed by atoms with E-state index in [9.17, 15) is 5.26 Å². The summed E-state index contributed by atoms with van der Waals surface area (Å²) in [5.41, 5.74) is 3.14. The number of hydrogen-bond donors (Lipinski definition) is 1. The molecule has 142 valence electrons. The van der Waals surface area contributed by atoms with Crippen LogP contribution in [0.4, 0.5) is 0 Å². The van der Waals surface area contributed by atoms with Gasteiger partial charge < -0.3 is 4.74 Å². The number of methoxy groups -OCH3 is 1. The SMILES string of the molecule is CCCC[C@]1(CC)CSc2cc(C#N)c(OC)cc2[C@@H](c2ccccc2)N1. The van der Waals surface area contributed by atoms with Gasteiger partial charge in [-0.2, -0.15) is 5.26 Å². The van der Waals surface area contributed by atoms with Crippen LogP contribution in [0.3, 0.4) is 0 Å². The van der Waals surface area contributed by atoms with Crippen LogP contribution in [-0.2, 0) is 0 Å². The molecule has 4 heteroatoms. The molecule has 0 aromatic heterocycles. The van der Waals surface area contributed by atoms with Crippen molar-refractivity contribution in [3.63, 3.8) is 0 Å². The molecular weight excluding hydrogens is 352 g/mol. The molecule has 3 nitrogen and oxygen atoms in total. The lowest BCUT2D eigenvalue weighted by atomic mass is 9.88. The molecule has 2 aromatic carbocycles. The average molecular weight is 381 g/mol. The Kier molecular flexibility index (Phi) is 6.46. The molecule has 0 bridgehead atoms. The van der Waals surface area contributed by atoms with Crippen LogP contribution in [0.1, 0.15) is 62.3 Å². The number of ether oxygens (including phenoxy) is 1. The maximum Gasteiger partial charge on any atom is 0.137 e. The molecule has 0 unspecified atom stereocenters. The third kappa shape index (κ3) is 4.15. The molecule has 0 amide bonds. The fourth-order valence-electron chi connectivity index (χ4n) is 3.77. The van der Waals surface area contributed by atoms with E-state index in [1.807, 2.05) is 17.8 Å². The van der Waals surface area contributed by atoms with Gasteiger partial charge in [0.05, 0.1) is 18.7 Å². The molecule has 0 aliphatic carbocycles. The van der Waals surface area contributed by atoms with Gasteiger partial charge in [-0.05, 0) is 36.1 Å². The molecule has 0 radical (unpaired) electrons. The Morgan fingerprint density at radius 3 is 2.67 bits per heavy atom. The largest absolute Gasteiger partial charge is 0.495 e. The van der Waals surface area contributed by atoms with Crippen LogP contribution in [-0.4, -0.2) is 18.4 Å². The highest BCUT2D eigenvalue weighted by atomic mass is 32.2. The van der Waals surface area contributed by atoms with Crippen molar-refractivity contribution in [1.82, 2.24) is 5.32 Å². The van der Waals surface area contributed by atoms with E-state index in [1.165, 1.54) is 28.9 Å². The highest BCUT2D eigenvalue weighted by Gasteiger charge is 2.36. The summed E-state index contributed by atoms with van der Waals surface area (Å²) in [5, 5.41) is 13.5. The van der Waals surface area contributed by atoms with Gasteiger partial charge in [-0.1, -0.05) is 57.0 Å². The summed E-state index contributed by atoms with van der Waals surface area (Å²) in [5.74, 6) is 1.66. The third-order valence-electron chi connectivity index (χ3n) is 5.54. The molecule has 2 aromatic rings. The molecular formula is C23H28N2OS. The Balaban J connectivity index is 2.12. The fourth-order valence-corrected chi connectivity index (χ4v) is 5.18. The Morgan fingerprint density at radius 2 is 2.04 bits per heavy atom. The molecule has 2 atom stereocenters.